The van der Waals surface area contributed by atoms with Crippen LogP contribution >= 0.6 is 0 Å². The van der Waals surface area contributed by atoms with Gasteiger partial charge in [-0.3, -0.25) is 4.79 Å². The van der Waals surface area contributed by atoms with Gasteiger partial charge in [-0.2, -0.15) is 0 Å². The van der Waals surface area contributed by atoms with Crippen LogP contribution in [0.5, 0.6) is 0 Å². The summed E-state index contributed by atoms with van der Waals surface area (Å²) < 4.78 is 0. The molecule has 19 heavy (non-hydrogen) atoms. The highest BCUT2D eigenvalue weighted by Gasteiger charge is 2.16. The Labute approximate surface area is 107 Å². The number of nitrogens with zero attached hydrogens (tertiary/aromatic N) is 2. The van der Waals surface area contributed by atoms with Crippen LogP contribution in [-0.4, -0.2) is 17.0 Å². The van der Waals surface area contributed by atoms with Crippen LogP contribution in [0.3, 0.4) is 0 Å². The molecule has 0 radical (unpaired) electrons. The van der Waals surface area contributed by atoms with Crippen LogP contribution < -0.4 is 0 Å². The van der Waals surface area contributed by atoms with Gasteiger partial charge in [0, 0.05) is 11.6 Å². The van der Waals surface area contributed by atoms with E-state index in [-0.39, 0.29) is 5.56 Å². The predicted molar refractivity (Wildman–Crippen MR) is 68.7 cm³/mol. The fourth-order valence-electron chi connectivity index (χ4n) is 2.06. The first-order chi connectivity index (χ1) is 9.15. The fraction of sp³-hybridized carbons (Fsp3) is 0. The van der Waals surface area contributed by atoms with Crippen molar-refractivity contribution in [1.29, 1.82) is 0 Å². The smallest absolute Gasteiger partial charge is 0.335 e. The molecule has 1 aliphatic heterocycles. The molecule has 3 rings (SSSR count). The molecule has 5 nitrogen and oxygen atoms in total. The number of aromatic carboxylic acids is 1. The number of carboxylic acid groups (broad SMARTS) is 1. The number of carbonyl (C=O) groups excluding carboxylic acids is 1. The normalized spacial score (nSPS) is 13.9. The molecule has 0 fully saturated rings. The summed E-state index contributed by atoms with van der Waals surface area (Å²) in [6.45, 7) is 0. The Morgan fingerprint density at radius 3 is 2.58 bits per heavy atom. The van der Waals surface area contributed by atoms with Crippen molar-refractivity contribution in [3.8, 4) is 0 Å². The summed E-state index contributed by atoms with van der Waals surface area (Å²) in [7, 11) is 0. The Bertz CT molecular complexity index is 775. The molecule has 0 saturated carbocycles. The van der Waals surface area contributed by atoms with E-state index in [9.17, 15) is 9.59 Å². The third kappa shape index (κ3) is 1.91. The number of hydrogen-bond donors (Lipinski definition) is 1. The Kier molecular flexibility index (Phi) is 2.45. The molecule has 0 aliphatic carbocycles. The molecule has 2 aromatic rings. The van der Waals surface area contributed by atoms with Gasteiger partial charge in [0.05, 0.1) is 11.3 Å². The van der Waals surface area contributed by atoms with Crippen LogP contribution in [0, 0.1) is 0 Å². The lowest BCUT2D eigenvalue weighted by molar-refractivity contribution is -0.113. The molecule has 0 bridgehead atoms. The topological polar surface area (TPSA) is 79.1 Å². The third-order valence-corrected chi connectivity index (χ3v) is 2.90. The summed E-state index contributed by atoms with van der Waals surface area (Å²) >= 11 is 0. The van der Waals surface area contributed by atoms with Crippen LogP contribution in [-0.2, 0) is 4.79 Å². The van der Waals surface area contributed by atoms with Gasteiger partial charge in [-0.25, -0.2) is 4.79 Å². The van der Waals surface area contributed by atoms with Crippen molar-refractivity contribution in [1.82, 2.24) is 0 Å². The highest BCUT2D eigenvalue weighted by Crippen LogP contribution is 2.29. The minimum Gasteiger partial charge on any atom is -0.478 e. The van der Waals surface area contributed by atoms with Gasteiger partial charge in [-0.05, 0) is 22.9 Å². The lowest BCUT2D eigenvalue weighted by Crippen LogP contribution is -1.98. The largest absolute Gasteiger partial charge is 0.478 e. The maximum absolute atomic E-state index is 11.1. The molecule has 1 heterocycles. The van der Waals surface area contributed by atoms with Crippen LogP contribution in [0.15, 0.2) is 52.7 Å². The van der Waals surface area contributed by atoms with Crippen molar-refractivity contribution in [3.63, 3.8) is 0 Å². The number of azo groups is 1. The lowest BCUT2D eigenvalue weighted by atomic mass is 9.99. The van der Waals surface area contributed by atoms with E-state index in [1.807, 2.05) is 24.3 Å². The molecule has 2 aromatic carbocycles. The molecular formula is C14H8N2O3. The SMILES string of the molecule is O=C1C=C(c2cc(C(=O)O)cc3ccccc23)N=N1. The Morgan fingerprint density at radius 1 is 1.11 bits per heavy atom. The number of fused-ring (bicyclic) bond motifs is 1. The number of hydrogen-bond acceptors (Lipinski definition) is 3. The van der Waals surface area contributed by atoms with Gasteiger partial charge < -0.3 is 5.11 Å². The summed E-state index contributed by atoms with van der Waals surface area (Å²) in [6.07, 6.45) is 1.30. The molecule has 0 spiro atoms. The predicted octanol–water partition coefficient (Wildman–Crippen LogP) is 2.87. The number of amides is 1. The maximum atomic E-state index is 11.1. The van der Waals surface area contributed by atoms with Crippen molar-refractivity contribution >= 4 is 28.3 Å². The van der Waals surface area contributed by atoms with E-state index in [2.05, 4.69) is 10.2 Å². The highest BCUT2D eigenvalue weighted by molar-refractivity contribution is 6.05. The third-order valence-electron chi connectivity index (χ3n) is 2.90. The van der Waals surface area contributed by atoms with E-state index >= 15 is 0 Å². The quantitative estimate of drug-likeness (QED) is 0.892. The zero-order valence-corrected chi connectivity index (χ0v) is 9.70. The first-order valence-electron chi connectivity index (χ1n) is 5.59. The van der Waals surface area contributed by atoms with Crippen molar-refractivity contribution in [2.45, 2.75) is 0 Å². The van der Waals surface area contributed by atoms with Gasteiger partial charge >= 0.3 is 5.97 Å². The summed E-state index contributed by atoms with van der Waals surface area (Å²) in [5, 5.41) is 18.0. The number of rotatable bonds is 2. The standard InChI is InChI=1S/C14H8N2O3/c17-13-7-12(15-16-13)11-6-9(14(18)19)5-8-3-1-2-4-10(8)11/h1-7H,(H,18,19). The van der Waals surface area contributed by atoms with Crippen molar-refractivity contribution in [2.24, 2.45) is 10.2 Å². The van der Waals surface area contributed by atoms with E-state index < -0.39 is 11.9 Å². The van der Waals surface area contributed by atoms with E-state index in [0.29, 0.717) is 11.3 Å². The molecule has 1 N–H and O–H groups in total. The number of benzene rings is 2. The second-order valence-electron chi connectivity index (χ2n) is 4.12. The summed E-state index contributed by atoms with van der Waals surface area (Å²) in [5.41, 5.74) is 1.15. The lowest BCUT2D eigenvalue weighted by Gasteiger charge is -2.06. The first-order valence-corrected chi connectivity index (χ1v) is 5.59. The Morgan fingerprint density at radius 2 is 1.89 bits per heavy atom. The molecule has 5 heteroatoms. The maximum Gasteiger partial charge on any atom is 0.335 e. The van der Waals surface area contributed by atoms with Gasteiger partial charge in [-0.1, -0.05) is 24.3 Å². The van der Waals surface area contributed by atoms with Gasteiger partial charge in [0.25, 0.3) is 5.91 Å². The van der Waals surface area contributed by atoms with Crippen LogP contribution in [0.1, 0.15) is 15.9 Å². The number of carboxylic acids is 1. The van der Waals surface area contributed by atoms with Gasteiger partial charge in [0.2, 0.25) is 0 Å². The molecule has 0 aromatic heterocycles. The van der Waals surface area contributed by atoms with Crippen molar-refractivity contribution in [2.75, 3.05) is 0 Å². The molecule has 1 amide bonds. The Balaban J connectivity index is 2.33. The number of carbonyl (C=O) groups is 2. The zero-order valence-electron chi connectivity index (χ0n) is 9.70. The summed E-state index contributed by atoms with van der Waals surface area (Å²) in [4.78, 5) is 22.3. The van der Waals surface area contributed by atoms with Crippen LogP contribution in [0.4, 0.5) is 0 Å². The van der Waals surface area contributed by atoms with Crippen LogP contribution in [0.2, 0.25) is 0 Å². The van der Waals surface area contributed by atoms with E-state index in [4.69, 9.17) is 5.11 Å². The summed E-state index contributed by atoms with van der Waals surface area (Å²) in [6, 6.07) is 10.5. The fourth-order valence-corrected chi connectivity index (χ4v) is 2.06. The van der Waals surface area contributed by atoms with Gasteiger partial charge in [0.1, 0.15) is 0 Å². The minimum atomic E-state index is -1.02. The van der Waals surface area contributed by atoms with E-state index in [1.54, 1.807) is 6.07 Å². The van der Waals surface area contributed by atoms with Crippen LogP contribution in [0.25, 0.3) is 16.5 Å². The second-order valence-corrected chi connectivity index (χ2v) is 4.12. The molecule has 92 valence electrons. The van der Waals surface area contributed by atoms with Crippen molar-refractivity contribution < 1.29 is 14.7 Å². The van der Waals surface area contributed by atoms with Gasteiger partial charge in [0.15, 0.2) is 0 Å². The van der Waals surface area contributed by atoms with Gasteiger partial charge in [-0.15, -0.1) is 10.2 Å². The molecular weight excluding hydrogens is 244 g/mol. The Hall–Kier alpha value is -2.82. The average molecular weight is 252 g/mol. The molecule has 1 aliphatic rings. The second kappa shape index (κ2) is 4.13. The molecule has 0 atom stereocenters. The van der Waals surface area contributed by atoms with E-state index in [1.165, 1.54) is 12.1 Å². The molecule has 0 saturated heterocycles. The monoisotopic (exact) mass is 252 g/mol. The average Bonchev–Trinajstić information content (AvgIpc) is 2.84. The minimum absolute atomic E-state index is 0.157. The zero-order chi connectivity index (χ0) is 13.4. The van der Waals surface area contributed by atoms with E-state index in [0.717, 1.165) is 10.8 Å². The summed E-state index contributed by atoms with van der Waals surface area (Å²) in [5.74, 6) is -1.45. The molecule has 0 unspecified atom stereocenters. The van der Waals surface area contributed by atoms with Crippen molar-refractivity contribution in [3.05, 3.63) is 53.6 Å². The first kappa shape index (κ1) is 11.3. The highest BCUT2D eigenvalue weighted by atomic mass is 16.4.